The van der Waals surface area contributed by atoms with Crippen LogP contribution < -0.4 is 15.5 Å². The van der Waals surface area contributed by atoms with E-state index in [0.717, 1.165) is 68.0 Å². The maximum Gasteiger partial charge on any atom is 0.248 e. The number of aryl methyl sites for hydroxylation is 1. The first-order chi connectivity index (χ1) is 17.0. The monoisotopic (exact) mass is 545 g/mol. The van der Waals surface area contributed by atoms with Gasteiger partial charge in [-0.1, -0.05) is 6.92 Å². The highest BCUT2D eigenvalue weighted by molar-refractivity contribution is 9.10. The first-order valence-electron chi connectivity index (χ1n) is 12.5. The molecule has 2 aliphatic rings. The second kappa shape index (κ2) is 12.5. The van der Waals surface area contributed by atoms with Crippen molar-refractivity contribution in [3.8, 4) is 0 Å². The number of rotatable bonds is 9. The van der Waals surface area contributed by atoms with Crippen molar-refractivity contribution in [1.82, 2.24) is 19.8 Å². The average molecular weight is 547 g/mol. The minimum Gasteiger partial charge on any atom is -0.372 e. The number of benzene rings is 1. The molecule has 0 aliphatic carbocycles. The summed E-state index contributed by atoms with van der Waals surface area (Å²) in [5, 5.41) is 6.78. The zero-order valence-corrected chi connectivity index (χ0v) is 22.3. The number of nitrogens with one attached hydrogen (secondary N) is 2. The molecule has 2 N–H and O–H groups in total. The van der Waals surface area contributed by atoms with Gasteiger partial charge in [-0.25, -0.2) is 4.98 Å². The standard InChI is InChI=1S/C25H36BrN7O2/c1-3-19-16-20(32-13-11-31(2)12-14-32)6-7-22(19)29-25-28-17-21(26)24(30-25)27-8-4-9-33-10-5-15-35-18-23(33)34/h6-7,16-17H,3-5,8-15,18H2,1-2H3,(H2,27,28,29,30). The molecule has 2 aliphatic heterocycles. The zero-order valence-electron chi connectivity index (χ0n) is 20.7. The predicted molar refractivity (Wildman–Crippen MR) is 144 cm³/mol. The molecule has 2 aromatic rings. The summed E-state index contributed by atoms with van der Waals surface area (Å²) in [6.07, 6.45) is 4.41. The molecule has 1 aromatic carbocycles. The molecular weight excluding hydrogens is 510 g/mol. The van der Waals surface area contributed by atoms with Gasteiger partial charge in [0.15, 0.2) is 0 Å². The Hall–Kier alpha value is -2.43. The average Bonchev–Trinajstić information content (AvgIpc) is 3.08. The van der Waals surface area contributed by atoms with E-state index >= 15 is 0 Å². The van der Waals surface area contributed by atoms with E-state index in [1.165, 1.54) is 11.3 Å². The first kappa shape index (κ1) is 25.7. The quantitative estimate of drug-likeness (QED) is 0.464. The summed E-state index contributed by atoms with van der Waals surface area (Å²) in [5.74, 6) is 1.36. The molecule has 0 atom stereocenters. The lowest BCUT2D eigenvalue weighted by Gasteiger charge is -2.34. The van der Waals surface area contributed by atoms with Crippen LogP contribution in [0.15, 0.2) is 28.9 Å². The summed E-state index contributed by atoms with van der Waals surface area (Å²) in [6.45, 7) is 9.48. The van der Waals surface area contributed by atoms with Crippen molar-refractivity contribution in [3.05, 3.63) is 34.4 Å². The van der Waals surface area contributed by atoms with Gasteiger partial charge in [0.1, 0.15) is 12.4 Å². The molecule has 2 fully saturated rings. The Balaban J connectivity index is 1.35. The number of anilines is 4. The molecule has 0 spiro atoms. The largest absolute Gasteiger partial charge is 0.372 e. The summed E-state index contributed by atoms with van der Waals surface area (Å²) >= 11 is 3.55. The van der Waals surface area contributed by atoms with Crippen LogP contribution in [0.25, 0.3) is 0 Å². The predicted octanol–water partition coefficient (Wildman–Crippen LogP) is 3.35. The number of halogens is 1. The Kier molecular flexibility index (Phi) is 9.17. The van der Waals surface area contributed by atoms with Crippen LogP contribution in [0.2, 0.25) is 0 Å². The summed E-state index contributed by atoms with van der Waals surface area (Å²) in [7, 11) is 2.18. The van der Waals surface area contributed by atoms with Crippen molar-refractivity contribution in [2.45, 2.75) is 26.2 Å². The van der Waals surface area contributed by atoms with Crippen LogP contribution in [0.1, 0.15) is 25.3 Å². The van der Waals surface area contributed by atoms with Gasteiger partial charge in [0, 0.05) is 70.0 Å². The van der Waals surface area contributed by atoms with Gasteiger partial charge in [-0.15, -0.1) is 0 Å². The third kappa shape index (κ3) is 7.05. The third-order valence-electron chi connectivity index (χ3n) is 6.52. The molecule has 9 nitrogen and oxygen atoms in total. The molecule has 4 rings (SSSR count). The number of amides is 1. The fourth-order valence-corrected chi connectivity index (χ4v) is 4.71. The maximum atomic E-state index is 12.1. The number of aromatic nitrogens is 2. The van der Waals surface area contributed by atoms with Crippen LogP contribution in [-0.4, -0.2) is 91.7 Å². The van der Waals surface area contributed by atoms with E-state index in [2.05, 4.69) is 78.5 Å². The summed E-state index contributed by atoms with van der Waals surface area (Å²) in [6, 6.07) is 6.59. The van der Waals surface area contributed by atoms with Crippen LogP contribution in [0, 0.1) is 0 Å². The Bertz CT molecular complexity index is 998. The Morgan fingerprint density at radius 3 is 2.80 bits per heavy atom. The number of likely N-dealkylation sites (N-methyl/N-ethyl adjacent to an activating group) is 1. The molecule has 0 unspecified atom stereocenters. The molecule has 0 bridgehead atoms. The van der Waals surface area contributed by atoms with E-state index in [4.69, 9.17) is 4.74 Å². The molecule has 10 heteroatoms. The fraction of sp³-hybridized carbons (Fsp3) is 0.560. The highest BCUT2D eigenvalue weighted by atomic mass is 79.9. The lowest BCUT2D eigenvalue weighted by Crippen LogP contribution is -2.44. The number of nitrogens with zero attached hydrogens (tertiary/aromatic N) is 5. The van der Waals surface area contributed by atoms with Gasteiger partial charge < -0.3 is 30.1 Å². The SMILES string of the molecule is CCc1cc(N2CCN(C)CC2)ccc1Nc1ncc(Br)c(NCCCN2CCCOCC2=O)n1. The molecule has 2 saturated heterocycles. The minimum atomic E-state index is 0.0718. The second-order valence-electron chi connectivity index (χ2n) is 9.07. The molecule has 1 amide bonds. The lowest BCUT2D eigenvalue weighted by molar-refractivity contribution is -0.133. The van der Waals surface area contributed by atoms with Gasteiger partial charge in [0.2, 0.25) is 11.9 Å². The van der Waals surface area contributed by atoms with Crippen molar-refractivity contribution in [2.24, 2.45) is 0 Å². The number of hydrogen-bond donors (Lipinski definition) is 2. The van der Waals surface area contributed by atoms with Crippen molar-refractivity contribution in [1.29, 1.82) is 0 Å². The lowest BCUT2D eigenvalue weighted by atomic mass is 10.1. The number of carbonyl (C=O) groups excluding carboxylic acids is 1. The van der Waals surface area contributed by atoms with Crippen LogP contribution in [-0.2, 0) is 16.0 Å². The van der Waals surface area contributed by atoms with Crippen LogP contribution in [0.3, 0.4) is 0 Å². The van der Waals surface area contributed by atoms with Gasteiger partial charge in [0.05, 0.1) is 4.47 Å². The number of hydrogen-bond acceptors (Lipinski definition) is 8. The van der Waals surface area contributed by atoms with Gasteiger partial charge in [0.25, 0.3) is 0 Å². The minimum absolute atomic E-state index is 0.0718. The van der Waals surface area contributed by atoms with Crippen LogP contribution >= 0.6 is 15.9 Å². The molecule has 0 saturated carbocycles. The summed E-state index contributed by atoms with van der Waals surface area (Å²) in [4.78, 5) is 27.9. The van der Waals surface area contributed by atoms with E-state index in [0.29, 0.717) is 25.6 Å². The van der Waals surface area contributed by atoms with Crippen molar-refractivity contribution in [2.75, 3.05) is 81.6 Å². The van der Waals surface area contributed by atoms with Crippen LogP contribution in [0.4, 0.5) is 23.1 Å². The van der Waals surface area contributed by atoms with Crippen molar-refractivity contribution < 1.29 is 9.53 Å². The Labute approximate surface area is 216 Å². The summed E-state index contributed by atoms with van der Waals surface area (Å²) in [5.41, 5.74) is 3.54. The van der Waals surface area contributed by atoms with E-state index in [-0.39, 0.29) is 12.5 Å². The third-order valence-corrected chi connectivity index (χ3v) is 7.10. The van der Waals surface area contributed by atoms with Gasteiger partial charge in [-0.05, 0) is 66.0 Å². The molecule has 35 heavy (non-hydrogen) atoms. The molecule has 190 valence electrons. The first-order valence-corrected chi connectivity index (χ1v) is 13.3. The number of piperazine rings is 1. The number of ether oxygens (including phenoxy) is 1. The fourth-order valence-electron chi connectivity index (χ4n) is 4.37. The topological polar surface area (TPSA) is 85.9 Å². The van der Waals surface area contributed by atoms with Crippen molar-refractivity contribution in [3.63, 3.8) is 0 Å². The smallest absolute Gasteiger partial charge is 0.248 e. The Morgan fingerprint density at radius 2 is 2.00 bits per heavy atom. The van der Waals surface area contributed by atoms with Gasteiger partial charge in [-0.2, -0.15) is 4.98 Å². The molecule has 0 radical (unpaired) electrons. The highest BCUT2D eigenvalue weighted by Gasteiger charge is 2.17. The molecule has 1 aromatic heterocycles. The van der Waals surface area contributed by atoms with Gasteiger partial charge in [-0.3, -0.25) is 4.79 Å². The van der Waals surface area contributed by atoms with E-state index in [1.807, 2.05) is 4.90 Å². The summed E-state index contributed by atoms with van der Waals surface area (Å²) < 4.78 is 6.12. The Morgan fingerprint density at radius 1 is 1.17 bits per heavy atom. The number of carbonyl (C=O) groups is 1. The molecule has 3 heterocycles. The van der Waals surface area contributed by atoms with Crippen LogP contribution in [0.5, 0.6) is 0 Å². The zero-order chi connectivity index (χ0) is 24.6. The van der Waals surface area contributed by atoms with E-state index < -0.39 is 0 Å². The van der Waals surface area contributed by atoms with Gasteiger partial charge >= 0.3 is 0 Å². The van der Waals surface area contributed by atoms with E-state index in [9.17, 15) is 4.79 Å². The second-order valence-corrected chi connectivity index (χ2v) is 9.92. The molecular formula is C25H36BrN7O2. The van der Waals surface area contributed by atoms with Crippen molar-refractivity contribution >= 4 is 45.0 Å². The highest BCUT2D eigenvalue weighted by Crippen LogP contribution is 2.28. The maximum absolute atomic E-state index is 12.1. The van der Waals surface area contributed by atoms with E-state index in [1.54, 1.807) is 6.20 Å². The normalized spacial score (nSPS) is 17.4.